The summed E-state index contributed by atoms with van der Waals surface area (Å²) in [6, 6.07) is 5.42. The van der Waals surface area contributed by atoms with E-state index >= 15 is 0 Å². The second kappa shape index (κ2) is 4.65. The summed E-state index contributed by atoms with van der Waals surface area (Å²) < 4.78 is 4.97. The Kier molecular flexibility index (Phi) is 3.04. The first-order chi connectivity index (χ1) is 8.17. The number of nitrogen functional groups attached to an aromatic ring is 1. The lowest BCUT2D eigenvalue weighted by Gasteiger charge is -2.07. The van der Waals surface area contributed by atoms with E-state index in [0.29, 0.717) is 11.7 Å². The van der Waals surface area contributed by atoms with E-state index in [1.165, 1.54) is 0 Å². The molecule has 17 heavy (non-hydrogen) atoms. The molecular formula is C11H13N5O. The largest absolute Gasteiger partial charge is 0.481 e. The topological polar surface area (TPSA) is 86.0 Å². The summed E-state index contributed by atoms with van der Waals surface area (Å²) in [5.41, 5.74) is 7.18. The van der Waals surface area contributed by atoms with E-state index in [0.717, 1.165) is 11.4 Å². The molecule has 0 aliphatic carbocycles. The van der Waals surface area contributed by atoms with Crippen LogP contribution in [0.2, 0.25) is 0 Å². The molecular weight excluding hydrogens is 218 g/mol. The number of ether oxygens (including phenoxy) is 1. The molecule has 0 aliphatic rings. The fraction of sp³-hybridized carbons (Fsp3) is 0.182. The molecule has 0 saturated heterocycles. The minimum atomic E-state index is 0.244. The molecule has 0 atom stereocenters. The highest BCUT2D eigenvalue weighted by Gasteiger charge is 2.00. The van der Waals surface area contributed by atoms with Gasteiger partial charge in [0.1, 0.15) is 5.82 Å². The van der Waals surface area contributed by atoms with Crippen molar-refractivity contribution < 1.29 is 4.74 Å². The molecule has 0 unspecified atom stereocenters. The van der Waals surface area contributed by atoms with Gasteiger partial charge in [-0.25, -0.2) is 9.97 Å². The molecule has 0 amide bonds. The molecule has 0 spiro atoms. The second-order valence-corrected chi connectivity index (χ2v) is 3.47. The Morgan fingerprint density at radius 3 is 2.71 bits per heavy atom. The number of anilines is 3. The van der Waals surface area contributed by atoms with E-state index in [9.17, 15) is 0 Å². The van der Waals surface area contributed by atoms with Crippen molar-refractivity contribution in [2.75, 3.05) is 18.2 Å². The zero-order valence-corrected chi connectivity index (χ0v) is 9.64. The van der Waals surface area contributed by atoms with Crippen molar-refractivity contribution in [3.05, 3.63) is 30.1 Å². The lowest BCUT2D eigenvalue weighted by atomic mass is 10.4. The molecule has 0 fully saturated rings. The van der Waals surface area contributed by atoms with E-state index in [4.69, 9.17) is 10.5 Å². The highest BCUT2D eigenvalue weighted by atomic mass is 16.5. The first-order valence-corrected chi connectivity index (χ1v) is 5.05. The van der Waals surface area contributed by atoms with Crippen LogP contribution >= 0.6 is 0 Å². The van der Waals surface area contributed by atoms with Gasteiger partial charge in [-0.05, 0) is 13.0 Å². The minimum Gasteiger partial charge on any atom is -0.481 e. The summed E-state index contributed by atoms with van der Waals surface area (Å²) >= 11 is 0. The monoisotopic (exact) mass is 231 g/mol. The summed E-state index contributed by atoms with van der Waals surface area (Å²) in [5.74, 6) is 1.45. The third kappa shape index (κ3) is 2.81. The third-order valence-electron chi connectivity index (χ3n) is 2.09. The van der Waals surface area contributed by atoms with Crippen LogP contribution in [0.25, 0.3) is 0 Å². The van der Waals surface area contributed by atoms with Crippen LogP contribution in [0, 0.1) is 6.92 Å². The molecule has 0 aromatic carbocycles. The van der Waals surface area contributed by atoms with Crippen LogP contribution in [0.1, 0.15) is 5.69 Å². The molecule has 3 N–H and O–H groups in total. The van der Waals surface area contributed by atoms with Gasteiger partial charge in [-0.15, -0.1) is 0 Å². The molecule has 0 bridgehead atoms. The van der Waals surface area contributed by atoms with E-state index in [1.54, 1.807) is 25.4 Å². The van der Waals surface area contributed by atoms with Gasteiger partial charge < -0.3 is 15.8 Å². The van der Waals surface area contributed by atoms with Gasteiger partial charge >= 0.3 is 0 Å². The van der Waals surface area contributed by atoms with E-state index in [1.807, 2.05) is 13.0 Å². The Balaban J connectivity index is 2.19. The van der Waals surface area contributed by atoms with E-state index in [-0.39, 0.29) is 5.95 Å². The predicted octanol–water partition coefficient (Wildman–Crippen LogP) is 1.51. The summed E-state index contributed by atoms with van der Waals surface area (Å²) in [5, 5.41) is 3.09. The van der Waals surface area contributed by atoms with Crippen molar-refractivity contribution >= 4 is 17.5 Å². The number of aryl methyl sites for hydroxylation is 1. The number of methoxy groups -OCH3 is 1. The Labute approximate surface area is 98.9 Å². The quantitative estimate of drug-likeness (QED) is 0.832. The Bertz CT molecular complexity index is 492. The standard InChI is InChI=1S/C11H13N5O/c1-7-5-9(16-11(12)14-7)15-8-3-4-10(17-2)13-6-8/h3-6H,1-2H3,(H3,12,14,15,16). The summed E-state index contributed by atoms with van der Waals surface area (Å²) in [4.78, 5) is 12.1. The van der Waals surface area contributed by atoms with E-state index < -0.39 is 0 Å². The highest BCUT2D eigenvalue weighted by molar-refractivity contribution is 5.56. The Hall–Kier alpha value is -2.37. The van der Waals surface area contributed by atoms with Crippen LogP contribution in [0.15, 0.2) is 24.4 Å². The molecule has 88 valence electrons. The van der Waals surface area contributed by atoms with Gasteiger partial charge in [0.25, 0.3) is 0 Å². The van der Waals surface area contributed by atoms with Crippen molar-refractivity contribution in [2.24, 2.45) is 0 Å². The maximum Gasteiger partial charge on any atom is 0.222 e. The van der Waals surface area contributed by atoms with Crippen molar-refractivity contribution in [1.29, 1.82) is 0 Å². The number of rotatable bonds is 3. The lowest BCUT2D eigenvalue weighted by molar-refractivity contribution is 0.398. The predicted molar refractivity (Wildman–Crippen MR) is 65.3 cm³/mol. The first-order valence-electron chi connectivity index (χ1n) is 5.05. The maximum absolute atomic E-state index is 5.56. The van der Waals surface area contributed by atoms with Gasteiger partial charge in [0, 0.05) is 17.8 Å². The Morgan fingerprint density at radius 1 is 1.29 bits per heavy atom. The van der Waals surface area contributed by atoms with Gasteiger partial charge in [0.05, 0.1) is 19.0 Å². The number of pyridine rings is 1. The summed E-state index contributed by atoms with van der Waals surface area (Å²) in [6.07, 6.45) is 1.66. The molecule has 2 aromatic heterocycles. The number of nitrogens with one attached hydrogen (secondary N) is 1. The van der Waals surface area contributed by atoms with Gasteiger partial charge in [-0.1, -0.05) is 0 Å². The average Bonchev–Trinajstić information content (AvgIpc) is 2.28. The number of hydrogen-bond donors (Lipinski definition) is 2. The average molecular weight is 231 g/mol. The smallest absolute Gasteiger partial charge is 0.222 e. The van der Waals surface area contributed by atoms with Crippen LogP contribution < -0.4 is 15.8 Å². The fourth-order valence-corrected chi connectivity index (χ4v) is 1.38. The lowest BCUT2D eigenvalue weighted by Crippen LogP contribution is -2.01. The van der Waals surface area contributed by atoms with Crippen LogP contribution in [0.3, 0.4) is 0 Å². The summed E-state index contributed by atoms with van der Waals surface area (Å²) in [6.45, 7) is 1.86. The Morgan fingerprint density at radius 2 is 2.12 bits per heavy atom. The van der Waals surface area contributed by atoms with Crippen LogP contribution in [-0.2, 0) is 0 Å². The van der Waals surface area contributed by atoms with Crippen LogP contribution in [-0.4, -0.2) is 22.1 Å². The van der Waals surface area contributed by atoms with Crippen LogP contribution in [0.5, 0.6) is 5.88 Å². The van der Waals surface area contributed by atoms with Gasteiger partial charge in [0.2, 0.25) is 11.8 Å². The normalized spacial score (nSPS) is 10.0. The molecule has 0 saturated carbocycles. The minimum absolute atomic E-state index is 0.244. The highest BCUT2D eigenvalue weighted by Crippen LogP contribution is 2.16. The third-order valence-corrected chi connectivity index (χ3v) is 2.09. The molecule has 2 heterocycles. The SMILES string of the molecule is COc1ccc(Nc2cc(C)nc(N)n2)cn1. The van der Waals surface area contributed by atoms with E-state index in [2.05, 4.69) is 20.3 Å². The molecule has 0 radical (unpaired) electrons. The molecule has 6 heteroatoms. The molecule has 2 rings (SSSR count). The van der Waals surface area contributed by atoms with Crippen molar-refractivity contribution in [1.82, 2.24) is 15.0 Å². The van der Waals surface area contributed by atoms with Crippen molar-refractivity contribution in [3.63, 3.8) is 0 Å². The number of nitrogens with two attached hydrogens (primary N) is 1. The van der Waals surface area contributed by atoms with Crippen molar-refractivity contribution in [3.8, 4) is 5.88 Å². The van der Waals surface area contributed by atoms with Crippen LogP contribution in [0.4, 0.5) is 17.5 Å². The number of hydrogen-bond acceptors (Lipinski definition) is 6. The zero-order chi connectivity index (χ0) is 12.3. The fourth-order valence-electron chi connectivity index (χ4n) is 1.38. The maximum atomic E-state index is 5.56. The van der Waals surface area contributed by atoms with Gasteiger partial charge in [-0.2, -0.15) is 4.98 Å². The van der Waals surface area contributed by atoms with Gasteiger partial charge in [0.15, 0.2) is 0 Å². The van der Waals surface area contributed by atoms with Crippen molar-refractivity contribution in [2.45, 2.75) is 6.92 Å². The van der Waals surface area contributed by atoms with Gasteiger partial charge in [-0.3, -0.25) is 0 Å². The molecule has 2 aromatic rings. The molecule has 0 aliphatic heterocycles. The number of nitrogens with zero attached hydrogens (tertiary/aromatic N) is 3. The summed E-state index contributed by atoms with van der Waals surface area (Å²) in [7, 11) is 1.57. The first kappa shape index (κ1) is 11.1. The number of aromatic nitrogens is 3. The zero-order valence-electron chi connectivity index (χ0n) is 9.64. The molecule has 6 nitrogen and oxygen atoms in total. The second-order valence-electron chi connectivity index (χ2n) is 3.47.